The molecule has 1 amide bonds. The van der Waals surface area contributed by atoms with Crippen LogP contribution in [-0.4, -0.2) is 22.6 Å². The third-order valence-electron chi connectivity index (χ3n) is 4.42. The van der Waals surface area contributed by atoms with E-state index in [0.717, 1.165) is 25.1 Å². The van der Waals surface area contributed by atoms with E-state index in [4.69, 9.17) is 5.21 Å². The number of hydroxylamine groups is 1. The van der Waals surface area contributed by atoms with Crippen molar-refractivity contribution in [3.63, 3.8) is 0 Å². The number of amides is 1. The zero-order valence-corrected chi connectivity index (χ0v) is 16.9. The van der Waals surface area contributed by atoms with Crippen LogP contribution in [0.5, 0.6) is 0 Å². The summed E-state index contributed by atoms with van der Waals surface area (Å²) < 4.78 is 0. The number of aromatic nitrogens is 1. The van der Waals surface area contributed by atoms with Crippen molar-refractivity contribution in [2.45, 2.75) is 19.9 Å². The fraction of sp³-hybridized carbons (Fsp3) is 0.190. The summed E-state index contributed by atoms with van der Waals surface area (Å²) in [6, 6.07) is 16.4. The van der Waals surface area contributed by atoms with Crippen LogP contribution in [0.15, 0.2) is 54.6 Å². The predicted molar refractivity (Wildman–Crippen MR) is 114 cm³/mol. The molecule has 0 bridgehead atoms. The van der Waals surface area contributed by atoms with Crippen molar-refractivity contribution < 1.29 is 10.0 Å². The van der Waals surface area contributed by atoms with Crippen LogP contribution in [0.1, 0.15) is 22.4 Å². The van der Waals surface area contributed by atoms with E-state index in [1.807, 2.05) is 24.3 Å². The van der Waals surface area contributed by atoms with Crippen LogP contribution in [-0.2, 0) is 17.8 Å². The maximum absolute atomic E-state index is 11.0. The quantitative estimate of drug-likeness (QED) is 0.199. The summed E-state index contributed by atoms with van der Waals surface area (Å²) in [7, 11) is 0. The molecule has 4 N–H and O–H groups in total. The lowest BCUT2D eigenvalue weighted by Gasteiger charge is -2.06. The average molecular weight is 430 g/mol. The van der Waals surface area contributed by atoms with Crippen molar-refractivity contribution in [2.75, 3.05) is 6.54 Å². The number of halogens is 1. The highest BCUT2D eigenvalue weighted by atomic mass is 79.9. The van der Waals surface area contributed by atoms with Gasteiger partial charge in [0, 0.05) is 29.2 Å². The summed E-state index contributed by atoms with van der Waals surface area (Å²) in [6.45, 7) is 3.82. The second-order valence-electron chi connectivity index (χ2n) is 6.25. The fourth-order valence-corrected chi connectivity index (χ4v) is 3.06. The normalized spacial score (nSPS) is 10.9. The molecule has 0 aliphatic carbocycles. The van der Waals surface area contributed by atoms with Crippen molar-refractivity contribution in [1.82, 2.24) is 15.8 Å². The molecule has 0 radical (unpaired) electrons. The first-order chi connectivity index (χ1) is 12.7. The predicted octanol–water partition coefficient (Wildman–Crippen LogP) is 3.91. The van der Waals surface area contributed by atoms with Gasteiger partial charge in [-0.05, 0) is 48.7 Å². The Bertz CT molecular complexity index is 917. The third-order valence-corrected chi connectivity index (χ3v) is 4.42. The fourth-order valence-electron chi connectivity index (χ4n) is 3.06. The van der Waals surface area contributed by atoms with Crippen molar-refractivity contribution in [2.24, 2.45) is 0 Å². The number of H-pyrrole nitrogens is 1. The number of para-hydroxylation sites is 1. The van der Waals surface area contributed by atoms with Crippen molar-refractivity contribution in [3.05, 3.63) is 77.0 Å². The number of nitrogens with one attached hydrogen (secondary N) is 3. The van der Waals surface area contributed by atoms with E-state index in [-0.39, 0.29) is 17.0 Å². The van der Waals surface area contributed by atoms with Gasteiger partial charge in [0.05, 0.1) is 0 Å². The van der Waals surface area contributed by atoms with Gasteiger partial charge in [-0.25, -0.2) is 5.48 Å². The Hall–Kier alpha value is -2.41. The maximum Gasteiger partial charge on any atom is 0.267 e. The number of aromatic amines is 1. The lowest BCUT2D eigenvalue weighted by atomic mass is 10.1. The Labute approximate surface area is 169 Å². The van der Waals surface area contributed by atoms with Gasteiger partial charge in [-0.1, -0.05) is 42.5 Å². The minimum absolute atomic E-state index is 0. The van der Waals surface area contributed by atoms with Crippen molar-refractivity contribution >= 4 is 39.9 Å². The maximum atomic E-state index is 11.0. The van der Waals surface area contributed by atoms with E-state index >= 15 is 0 Å². The molecule has 5 nitrogen and oxygen atoms in total. The Balaban J connectivity index is 0.00000261. The Kier molecular flexibility index (Phi) is 7.79. The highest BCUT2D eigenvalue weighted by Crippen LogP contribution is 2.21. The molecule has 27 heavy (non-hydrogen) atoms. The highest BCUT2D eigenvalue weighted by Gasteiger charge is 2.07. The van der Waals surface area contributed by atoms with Gasteiger partial charge in [-0.3, -0.25) is 10.0 Å². The van der Waals surface area contributed by atoms with Gasteiger partial charge in [-0.15, -0.1) is 17.0 Å². The molecule has 0 unspecified atom stereocenters. The van der Waals surface area contributed by atoms with Crippen LogP contribution >= 0.6 is 17.0 Å². The van der Waals surface area contributed by atoms with Crippen LogP contribution in [0.25, 0.3) is 17.0 Å². The summed E-state index contributed by atoms with van der Waals surface area (Å²) in [4.78, 5) is 14.4. The van der Waals surface area contributed by atoms with E-state index in [0.29, 0.717) is 0 Å². The molecule has 0 aliphatic heterocycles. The molecule has 142 valence electrons. The smallest absolute Gasteiger partial charge is 0.267 e. The van der Waals surface area contributed by atoms with E-state index in [1.54, 1.807) is 11.6 Å². The minimum Gasteiger partial charge on any atom is -0.358 e. The van der Waals surface area contributed by atoms with Gasteiger partial charge in [0.2, 0.25) is 0 Å². The van der Waals surface area contributed by atoms with Gasteiger partial charge < -0.3 is 10.3 Å². The molecule has 2 aromatic carbocycles. The standard InChI is InChI=1S/C21H23N3O2.BrH/c1-15-18(19-4-2-3-5-20(19)23-15)12-13-22-14-17-8-6-16(7-9-17)10-11-21(25)24-26;/h2-11,22-23,26H,12-14H2,1H3,(H,24,25);1H. The summed E-state index contributed by atoms with van der Waals surface area (Å²) >= 11 is 0. The van der Waals surface area contributed by atoms with Gasteiger partial charge in [-0.2, -0.15) is 0 Å². The lowest BCUT2D eigenvalue weighted by Crippen LogP contribution is -2.16. The van der Waals surface area contributed by atoms with Crippen LogP contribution < -0.4 is 10.8 Å². The molecule has 6 heteroatoms. The monoisotopic (exact) mass is 429 g/mol. The van der Waals surface area contributed by atoms with E-state index < -0.39 is 5.91 Å². The van der Waals surface area contributed by atoms with Gasteiger partial charge in [0.15, 0.2) is 0 Å². The van der Waals surface area contributed by atoms with Crippen LogP contribution in [0.3, 0.4) is 0 Å². The average Bonchev–Trinajstić information content (AvgIpc) is 2.99. The number of aryl methyl sites for hydroxylation is 1. The molecule has 3 rings (SSSR count). The Morgan fingerprint density at radius 2 is 1.89 bits per heavy atom. The molecule has 3 aromatic rings. The molecule has 0 saturated heterocycles. The Morgan fingerprint density at radius 3 is 2.63 bits per heavy atom. The first-order valence-electron chi connectivity index (χ1n) is 8.65. The first-order valence-corrected chi connectivity index (χ1v) is 8.65. The zero-order chi connectivity index (χ0) is 18.4. The third kappa shape index (κ3) is 5.53. The molecule has 0 saturated carbocycles. The number of hydrogen-bond donors (Lipinski definition) is 4. The lowest BCUT2D eigenvalue weighted by molar-refractivity contribution is -0.124. The highest BCUT2D eigenvalue weighted by molar-refractivity contribution is 8.93. The number of rotatable bonds is 7. The number of benzene rings is 2. The van der Waals surface area contributed by atoms with Gasteiger partial charge in [0.25, 0.3) is 5.91 Å². The van der Waals surface area contributed by atoms with Crippen molar-refractivity contribution in [1.29, 1.82) is 0 Å². The molecular weight excluding hydrogens is 406 g/mol. The minimum atomic E-state index is -0.539. The largest absolute Gasteiger partial charge is 0.358 e. The van der Waals surface area contributed by atoms with Crippen molar-refractivity contribution in [3.8, 4) is 0 Å². The topological polar surface area (TPSA) is 77.2 Å². The van der Waals surface area contributed by atoms with E-state index in [2.05, 4.69) is 41.5 Å². The summed E-state index contributed by atoms with van der Waals surface area (Å²) in [5.41, 5.74) is 7.46. The van der Waals surface area contributed by atoms with Crippen LogP contribution in [0.2, 0.25) is 0 Å². The zero-order valence-electron chi connectivity index (χ0n) is 15.2. The summed E-state index contributed by atoms with van der Waals surface area (Å²) in [5, 5.41) is 13.2. The molecule has 1 heterocycles. The summed E-state index contributed by atoms with van der Waals surface area (Å²) in [6.07, 6.45) is 3.92. The first kappa shape index (κ1) is 20.9. The summed E-state index contributed by atoms with van der Waals surface area (Å²) in [5.74, 6) is -0.539. The molecule has 1 aromatic heterocycles. The SMILES string of the molecule is Br.Cc1[nH]c2ccccc2c1CCNCc1ccc(C=CC(=O)NO)cc1. The van der Waals surface area contributed by atoms with Crippen LogP contribution in [0.4, 0.5) is 0 Å². The second-order valence-corrected chi connectivity index (χ2v) is 6.25. The number of fused-ring (bicyclic) bond motifs is 1. The van der Waals surface area contributed by atoms with Gasteiger partial charge >= 0.3 is 0 Å². The molecule has 0 fully saturated rings. The number of carbonyl (C=O) groups excluding carboxylic acids is 1. The van der Waals surface area contributed by atoms with Gasteiger partial charge in [0.1, 0.15) is 0 Å². The number of carbonyl (C=O) groups is 1. The molecule has 0 atom stereocenters. The number of hydrogen-bond acceptors (Lipinski definition) is 3. The molecule has 0 aliphatic rings. The molecule has 0 spiro atoms. The Morgan fingerprint density at radius 1 is 1.15 bits per heavy atom. The van der Waals surface area contributed by atoms with E-state index in [1.165, 1.54) is 33.8 Å². The van der Waals surface area contributed by atoms with E-state index in [9.17, 15) is 4.79 Å². The van der Waals surface area contributed by atoms with Crippen LogP contribution in [0, 0.1) is 6.92 Å². The molecular formula is C21H24BrN3O2. The second kappa shape index (κ2) is 10.1.